The predicted octanol–water partition coefficient (Wildman–Crippen LogP) is 2.31. The van der Waals surface area contributed by atoms with Crippen LogP contribution < -0.4 is 11.0 Å². The summed E-state index contributed by atoms with van der Waals surface area (Å²) in [6, 6.07) is 17.0. The lowest BCUT2D eigenvalue weighted by Crippen LogP contribution is -2.30. The highest BCUT2D eigenvalue weighted by molar-refractivity contribution is 6.03. The quantitative estimate of drug-likeness (QED) is 0.554. The van der Waals surface area contributed by atoms with Gasteiger partial charge < -0.3 is 19.9 Å². The zero-order valence-corrected chi connectivity index (χ0v) is 17.9. The minimum Gasteiger partial charge on any atom is -0.456 e. The molecule has 33 heavy (non-hydrogen) atoms. The van der Waals surface area contributed by atoms with Crippen LogP contribution in [0.1, 0.15) is 38.9 Å². The summed E-state index contributed by atoms with van der Waals surface area (Å²) in [6.45, 7) is 1.53. The predicted molar refractivity (Wildman–Crippen MR) is 119 cm³/mol. The van der Waals surface area contributed by atoms with Crippen LogP contribution in [0.2, 0.25) is 0 Å². The van der Waals surface area contributed by atoms with Crippen LogP contribution in [-0.4, -0.2) is 45.3 Å². The van der Waals surface area contributed by atoms with Crippen molar-refractivity contribution in [3.8, 4) is 0 Å². The third-order valence-electron chi connectivity index (χ3n) is 5.32. The molecule has 0 saturated carbocycles. The van der Waals surface area contributed by atoms with Crippen LogP contribution in [0.3, 0.4) is 0 Å². The van der Waals surface area contributed by atoms with Gasteiger partial charge in [0.25, 0.3) is 5.91 Å². The monoisotopic (exact) mass is 449 g/mol. The van der Waals surface area contributed by atoms with Crippen molar-refractivity contribution in [2.45, 2.75) is 31.8 Å². The van der Waals surface area contributed by atoms with Crippen LogP contribution in [0.5, 0.6) is 0 Å². The van der Waals surface area contributed by atoms with Gasteiger partial charge in [-0.05, 0) is 37.3 Å². The summed E-state index contributed by atoms with van der Waals surface area (Å²) in [7, 11) is 0. The van der Waals surface area contributed by atoms with E-state index in [9.17, 15) is 19.5 Å². The Morgan fingerprint density at radius 1 is 1.12 bits per heavy atom. The van der Waals surface area contributed by atoms with E-state index in [0.717, 1.165) is 5.56 Å². The summed E-state index contributed by atoms with van der Waals surface area (Å²) in [6.07, 6.45) is -0.692. The van der Waals surface area contributed by atoms with Gasteiger partial charge in [-0.1, -0.05) is 35.9 Å². The molecule has 170 valence electrons. The topological polar surface area (TPSA) is 120 Å². The Hall–Kier alpha value is -3.82. The summed E-state index contributed by atoms with van der Waals surface area (Å²) in [4.78, 5) is 41.2. The number of aliphatic hydroxyl groups is 1. The number of carbonyl (C=O) groups excluding carboxylic acids is 2. The second kappa shape index (κ2) is 9.76. The smallest absolute Gasteiger partial charge is 0.351 e. The summed E-state index contributed by atoms with van der Waals surface area (Å²) in [5, 5.41) is 12.3. The molecule has 0 unspecified atom stereocenters. The molecule has 3 aromatic rings. The Kier molecular flexibility index (Phi) is 6.62. The second-order valence-electron chi connectivity index (χ2n) is 7.68. The standard InChI is InChI=1S/C24H23N3O6/c1-15-7-9-17(10-8-15)23(30)33-18-13-21(32-19(18)14-28)27-12-11-20(26-24(27)31)25-22(29)16-5-3-2-4-6-16/h2-12,18-19,21,28H,13-14H2,1H3,(H,25,26,29,31)/t18-,19-,21-/m1/s1. The number of aliphatic hydroxyl groups excluding tert-OH is 1. The third-order valence-corrected chi connectivity index (χ3v) is 5.32. The van der Waals surface area contributed by atoms with Gasteiger partial charge in [-0.2, -0.15) is 4.98 Å². The Morgan fingerprint density at radius 3 is 2.52 bits per heavy atom. The van der Waals surface area contributed by atoms with Gasteiger partial charge in [0.1, 0.15) is 24.3 Å². The maximum Gasteiger partial charge on any atom is 0.351 e. The Bertz CT molecular complexity index is 1190. The SMILES string of the molecule is Cc1ccc(C(=O)O[C@@H]2C[C@H](n3ccc(NC(=O)c4ccccc4)nc3=O)O[C@@H]2CO)cc1. The van der Waals surface area contributed by atoms with Crippen LogP contribution >= 0.6 is 0 Å². The molecular weight excluding hydrogens is 426 g/mol. The Morgan fingerprint density at radius 2 is 1.85 bits per heavy atom. The number of nitrogens with zero attached hydrogens (tertiary/aromatic N) is 2. The highest BCUT2D eigenvalue weighted by Gasteiger charge is 2.39. The number of ether oxygens (including phenoxy) is 2. The lowest BCUT2D eigenvalue weighted by atomic mass is 10.1. The molecule has 9 heteroatoms. The van der Waals surface area contributed by atoms with Crippen LogP contribution in [0.15, 0.2) is 71.7 Å². The molecule has 2 heterocycles. The second-order valence-corrected chi connectivity index (χ2v) is 7.68. The number of aryl methyl sites for hydroxylation is 1. The van der Waals surface area contributed by atoms with Gasteiger partial charge in [-0.3, -0.25) is 9.36 Å². The number of amides is 1. The summed E-state index contributed by atoms with van der Waals surface area (Å²) >= 11 is 0. The van der Waals surface area contributed by atoms with E-state index in [0.29, 0.717) is 11.1 Å². The number of esters is 1. The minimum atomic E-state index is -0.784. The van der Waals surface area contributed by atoms with Crippen molar-refractivity contribution >= 4 is 17.7 Å². The van der Waals surface area contributed by atoms with Gasteiger partial charge in [-0.25, -0.2) is 9.59 Å². The van der Waals surface area contributed by atoms with Crippen molar-refractivity contribution in [3.63, 3.8) is 0 Å². The summed E-state index contributed by atoms with van der Waals surface area (Å²) in [5.74, 6) is -0.822. The van der Waals surface area contributed by atoms with E-state index in [1.165, 1.54) is 16.8 Å². The van der Waals surface area contributed by atoms with Crippen molar-refractivity contribution in [3.05, 3.63) is 94.0 Å². The van der Waals surface area contributed by atoms with E-state index in [-0.39, 0.29) is 24.8 Å². The number of anilines is 1. The molecule has 1 amide bonds. The highest BCUT2D eigenvalue weighted by Crippen LogP contribution is 2.30. The van der Waals surface area contributed by atoms with E-state index in [1.807, 2.05) is 6.92 Å². The van der Waals surface area contributed by atoms with Gasteiger partial charge in [0.2, 0.25) is 0 Å². The summed E-state index contributed by atoms with van der Waals surface area (Å²) < 4.78 is 12.5. The average molecular weight is 449 g/mol. The van der Waals surface area contributed by atoms with Crippen molar-refractivity contribution in [1.29, 1.82) is 0 Å². The molecule has 9 nitrogen and oxygen atoms in total. The average Bonchev–Trinajstić information content (AvgIpc) is 3.22. The fourth-order valence-corrected chi connectivity index (χ4v) is 3.53. The molecule has 1 aliphatic rings. The van der Waals surface area contributed by atoms with Crippen LogP contribution in [0, 0.1) is 6.92 Å². The zero-order valence-electron chi connectivity index (χ0n) is 17.9. The molecule has 0 aliphatic carbocycles. The van der Waals surface area contributed by atoms with Gasteiger partial charge in [0, 0.05) is 18.2 Å². The Labute approximate surface area is 189 Å². The molecule has 2 N–H and O–H groups in total. The lowest BCUT2D eigenvalue weighted by Gasteiger charge is -2.16. The highest BCUT2D eigenvalue weighted by atomic mass is 16.6. The van der Waals surface area contributed by atoms with Crippen LogP contribution in [0.4, 0.5) is 5.82 Å². The van der Waals surface area contributed by atoms with E-state index in [1.54, 1.807) is 54.6 Å². The van der Waals surface area contributed by atoms with Crippen LogP contribution in [-0.2, 0) is 9.47 Å². The first-order valence-electron chi connectivity index (χ1n) is 10.4. The first-order valence-corrected chi connectivity index (χ1v) is 10.4. The molecule has 1 fully saturated rings. The number of hydrogen-bond acceptors (Lipinski definition) is 7. The molecule has 0 radical (unpaired) electrons. The zero-order chi connectivity index (χ0) is 23.4. The van der Waals surface area contributed by atoms with E-state index in [4.69, 9.17) is 9.47 Å². The van der Waals surface area contributed by atoms with E-state index in [2.05, 4.69) is 10.3 Å². The molecule has 3 atom stereocenters. The van der Waals surface area contributed by atoms with Crippen molar-refractivity contribution in [1.82, 2.24) is 9.55 Å². The van der Waals surface area contributed by atoms with Crippen molar-refractivity contribution in [2.24, 2.45) is 0 Å². The lowest BCUT2D eigenvalue weighted by molar-refractivity contribution is -0.0521. The number of carbonyl (C=O) groups is 2. The number of aromatic nitrogens is 2. The molecular formula is C24H23N3O6. The van der Waals surface area contributed by atoms with Gasteiger partial charge in [0.15, 0.2) is 0 Å². The number of rotatable bonds is 6. The van der Waals surface area contributed by atoms with Gasteiger partial charge in [0.05, 0.1) is 12.2 Å². The van der Waals surface area contributed by atoms with E-state index < -0.39 is 30.1 Å². The molecule has 1 aliphatic heterocycles. The van der Waals surface area contributed by atoms with Crippen molar-refractivity contribution in [2.75, 3.05) is 11.9 Å². The first-order chi connectivity index (χ1) is 15.9. The number of hydrogen-bond donors (Lipinski definition) is 2. The van der Waals surface area contributed by atoms with E-state index >= 15 is 0 Å². The molecule has 0 bridgehead atoms. The minimum absolute atomic E-state index is 0.101. The molecule has 0 spiro atoms. The third kappa shape index (κ3) is 5.16. The largest absolute Gasteiger partial charge is 0.456 e. The maximum absolute atomic E-state index is 12.6. The molecule has 4 rings (SSSR count). The maximum atomic E-state index is 12.6. The van der Waals surface area contributed by atoms with Gasteiger partial charge >= 0.3 is 11.7 Å². The number of nitrogens with one attached hydrogen (secondary N) is 1. The van der Waals surface area contributed by atoms with Gasteiger partial charge in [-0.15, -0.1) is 0 Å². The Balaban J connectivity index is 1.44. The fraction of sp³-hybridized carbons (Fsp3) is 0.250. The normalized spacial score (nSPS) is 19.8. The van der Waals surface area contributed by atoms with Crippen LogP contribution in [0.25, 0.3) is 0 Å². The first kappa shape index (κ1) is 22.4. The van der Waals surface area contributed by atoms with Crippen molar-refractivity contribution < 1.29 is 24.2 Å². The summed E-state index contributed by atoms with van der Waals surface area (Å²) in [5.41, 5.74) is 1.19. The molecule has 2 aromatic carbocycles. The fourth-order valence-electron chi connectivity index (χ4n) is 3.53. The molecule has 1 saturated heterocycles. The number of benzene rings is 2. The molecule has 1 aromatic heterocycles.